The van der Waals surface area contributed by atoms with Crippen molar-refractivity contribution in [3.05, 3.63) is 48.0 Å². The standard InChI is InChI=1S/C14H20N2O/c1-16(2)14(17)11-10-13(15)9-8-12-6-4-3-5-7-12/h3-7,10-11,13H,8-9,15H2,1-2H3/b11-10+/t13-/m0/s1. The summed E-state index contributed by atoms with van der Waals surface area (Å²) in [7, 11) is 3.45. The van der Waals surface area contributed by atoms with E-state index in [0.717, 1.165) is 12.8 Å². The predicted octanol–water partition coefficient (Wildman–Crippen LogP) is 1.59. The van der Waals surface area contributed by atoms with Crippen molar-refractivity contribution in [2.24, 2.45) is 5.73 Å². The van der Waals surface area contributed by atoms with Crippen LogP contribution in [0.1, 0.15) is 12.0 Å². The average molecular weight is 232 g/mol. The lowest BCUT2D eigenvalue weighted by molar-refractivity contribution is -0.123. The molecule has 0 spiro atoms. The van der Waals surface area contributed by atoms with Crippen LogP contribution < -0.4 is 5.73 Å². The fourth-order valence-corrected chi connectivity index (χ4v) is 1.43. The predicted molar refractivity (Wildman–Crippen MR) is 70.6 cm³/mol. The normalized spacial score (nSPS) is 12.6. The van der Waals surface area contributed by atoms with Gasteiger partial charge in [-0.05, 0) is 18.4 Å². The van der Waals surface area contributed by atoms with Gasteiger partial charge in [0.25, 0.3) is 0 Å². The zero-order valence-corrected chi connectivity index (χ0v) is 10.5. The summed E-state index contributed by atoms with van der Waals surface area (Å²) in [6.45, 7) is 0. The zero-order chi connectivity index (χ0) is 12.7. The van der Waals surface area contributed by atoms with Crippen LogP contribution in [0.4, 0.5) is 0 Å². The third kappa shape index (κ3) is 5.31. The molecule has 17 heavy (non-hydrogen) atoms. The van der Waals surface area contributed by atoms with E-state index < -0.39 is 0 Å². The van der Waals surface area contributed by atoms with Crippen molar-refractivity contribution >= 4 is 5.91 Å². The smallest absolute Gasteiger partial charge is 0.245 e. The average Bonchev–Trinajstić information content (AvgIpc) is 2.34. The molecule has 0 saturated carbocycles. The molecule has 3 heteroatoms. The van der Waals surface area contributed by atoms with Crippen LogP contribution in [0.3, 0.4) is 0 Å². The van der Waals surface area contributed by atoms with Gasteiger partial charge in [-0.3, -0.25) is 4.79 Å². The molecule has 1 atom stereocenters. The molecule has 0 saturated heterocycles. The highest BCUT2D eigenvalue weighted by Crippen LogP contribution is 2.04. The molecule has 0 aliphatic carbocycles. The highest BCUT2D eigenvalue weighted by molar-refractivity contribution is 5.87. The number of amides is 1. The van der Waals surface area contributed by atoms with Crippen LogP contribution in [-0.4, -0.2) is 30.9 Å². The minimum atomic E-state index is -0.0703. The van der Waals surface area contributed by atoms with Gasteiger partial charge in [-0.1, -0.05) is 36.4 Å². The summed E-state index contributed by atoms with van der Waals surface area (Å²) in [6.07, 6.45) is 5.09. The van der Waals surface area contributed by atoms with Gasteiger partial charge in [0.2, 0.25) is 5.91 Å². The van der Waals surface area contributed by atoms with E-state index in [1.54, 1.807) is 20.2 Å². The lowest BCUT2D eigenvalue weighted by atomic mass is 10.1. The maximum absolute atomic E-state index is 11.3. The van der Waals surface area contributed by atoms with Gasteiger partial charge in [0.1, 0.15) is 0 Å². The molecule has 1 aromatic rings. The molecule has 0 fully saturated rings. The third-order valence-corrected chi connectivity index (χ3v) is 2.54. The first-order valence-corrected chi connectivity index (χ1v) is 5.78. The fourth-order valence-electron chi connectivity index (χ4n) is 1.43. The lowest BCUT2D eigenvalue weighted by Gasteiger charge is -2.08. The summed E-state index contributed by atoms with van der Waals surface area (Å²) in [5.41, 5.74) is 7.19. The van der Waals surface area contributed by atoms with Crippen LogP contribution in [0, 0.1) is 0 Å². The second-order valence-corrected chi connectivity index (χ2v) is 4.28. The summed E-state index contributed by atoms with van der Waals surface area (Å²) in [4.78, 5) is 12.8. The van der Waals surface area contributed by atoms with E-state index in [-0.39, 0.29) is 11.9 Å². The number of carbonyl (C=O) groups is 1. The molecular formula is C14H20N2O. The SMILES string of the molecule is CN(C)C(=O)/C=C/[C@@H](N)CCc1ccccc1. The molecule has 0 heterocycles. The Morgan fingerprint density at radius 2 is 2.00 bits per heavy atom. The number of hydrogen-bond donors (Lipinski definition) is 1. The zero-order valence-electron chi connectivity index (χ0n) is 10.5. The molecular weight excluding hydrogens is 212 g/mol. The minimum Gasteiger partial charge on any atom is -0.345 e. The van der Waals surface area contributed by atoms with Gasteiger partial charge in [-0.2, -0.15) is 0 Å². The molecule has 1 rings (SSSR count). The van der Waals surface area contributed by atoms with Crippen LogP contribution in [0.2, 0.25) is 0 Å². The topological polar surface area (TPSA) is 46.3 Å². The Labute approximate surface area is 103 Å². The number of nitrogens with two attached hydrogens (primary N) is 1. The van der Waals surface area contributed by atoms with Gasteiger partial charge in [-0.15, -0.1) is 0 Å². The summed E-state index contributed by atoms with van der Waals surface area (Å²) >= 11 is 0. The van der Waals surface area contributed by atoms with Gasteiger partial charge < -0.3 is 10.6 Å². The van der Waals surface area contributed by atoms with Crippen molar-refractivity contribution in [2.75, 3.05) is 14.1 Å². The number of nitrogens with zero attached hydrogens (tertiary/aromatic N) is 1. The molecule has 0 aliphatic heterocycles. The Morgan fingerprint density at radius 3 is 2.59 bits per heavy atom. The molecule has 92 valence electrons. The van der Waals surface area contributed by atoms with Crippen molar-refractivity contribution in [1.82, 2.24) is 4.90 Å². The molecule has 0 unspecified atom stereocenters. The molecule has 1 aromatic carbocycles. The molecule has 2 N–H and O–H groups in total. The number of aryl methyl sites for hydroxylation is 1. The summed E-state index contributed by atoms with van der Waals surface area (Å²) in [5, 5.41) is 0. The number of carbonyl (C=O) groups excluding carboxylic acids is 1. The number of rotatable bonds is 5. The van der Waals surface area contributed by atoms with E-state index in [0.29, 0.717) is 0 Å². The molecule has 0 aromatic heterocycles. The van der Waals surface area contributed by atoms with Crippen LogP contribution >= 0.6 is 0 Å². The highest BCUT2D eigenvalue weighted by atomic mass is 16.2. The van der Waals surface area contributed by atoms with Crippen molar-refractivity contribution < 1.29 is 4.79 Å². The summed E-state index contributed by atoms with van der Waals surface area (Å²) in [6, 6.07) is 10.1. The Bertz CT molecular complexity index is 371. The second kappa shape index (κ2) is 6.86. The van der Waals surface area contributed by atoms with Crippen LogP contribution in [-0.2, 0) is 11.2 Å². The Morgan fingerprint density at radius 1 is 1.35 bits per heavy atom. The van der Waals surface area contributed by atoms with E-state index in [9.17, 15) is 4.79 Å². The number of likely N-dealkylation sites (N-methyl/N-ethyl adjacent to an activating group) is 1. The van der Waals surface area contributed by atoms with Crippen molar-refractivity contribution in [3.8, 4) is 0 Å². The Balaban J connectivity index is 2.35. The first-order chi connectivity index (χ1) is 8.09. The monoisotopic (exact) mass is 232 g/mol. The van der Waals surface area contributed by atoms with Gasteiger partial charge in [0.05, 0.1) is 0 Å². The Hall–Kier alpha value is -1.61. The van der Waals surface area contributed by atoms with Crippen LogP contribution in [0.15, 0.2) is 42.5 Å². The first-order valence-electron chi connectivity index (χ1n) is 5.78. The maximum Gasteiger partial charge on any atom is 0.245 e. The fraction of sp³-hybridized carbons (Fsp3) is 0.357. The van der Waals surface area contributed by atoms with E-state index in [2.05, 4.69) is 12.1 Å². The molecule has 0 radical (unpaired) electrons. The number of hydrogen-bond acceptors (Lipinski definition) is 2. The highest BCUT2D eigenvalue weighted by Gasteiger charge is 2.01. The third-order valence-electron chi connectivity index (χ3n) is 2.54. The van der Waals surface area contributed by atoms with Gasteiger partial charge in [-0.25, -0.2) is 0 Å². The van der Waals surface area contributed by atoms with E-state index in [4.69, 9.17) is 5.73 Å². The lowest BCUT2D eigenvalue weighted by Crippen LogP contribution is -2.22. The van der Waals surface area contributed by atoms with E-state index >= 15 is 0 Å². The quantitative estimate of drug-likeness (QED) is 0.784. The first kappa shape index (κ1) is 13.5. The second-order valence-electron chi connectivity index (χ2n) is 4.28. The van der Waals surface area contributed by atoms with Crippen LogP contribution in [0.25, 0.3) is 0 Å². The summed E-state index contributed by atoms with van der Waals surface area (Å²) in [5.74, 6) is -0.0276. The van der Waals surface area contributed by atoms with E-state index in [1.807, 2.05) is 18.2 Å². The van der Waals surface area contributed by atoms with Gasteiger partial charge >= 0.3 is 0 Å². The summed E-state index contributed by atoms with van der Waals surface area (Å²) < 4.78 is 0. The molecule has 1 amide bonds. The molecule has 0 aliphatic rings. The van der Waals surface area contributed by atoms with E-state index in [1.165, 1.54) is 16.5 Å². The maximum atomic E-state index is 11.3. The largest absolute Gasteiger partial charge is 0.345 e. The van der Waals surface area contributed by atoms with Crippen molar-refractivity contribution in [1.29, 1.82) is 0 Å². The number of benzene rings is 1. The van der Waals surface area contributed by atoms with Gasteiger partial charge in [0, 0.05) is 26.2 Å². The van der Waals surface area contributed by atoms with Crippen LogP contribution in [0.5, 0.6) is 0 Å². The molecule has 3 nitrogen and oxygen atoms in total. The Kier molecular flexibility index (Phi) is 5.43. The van der Waals surface area contributed by atoms with Crippen molar-refractivity contribution in [2.45, 2.75) is 18.9 Å². The minimum absolute atomic E-state index is 0.0276. The van der Waals surface area contributed by atoms with Gasteiger partial charge in [0.15, 0.2) is 0 Å². The van der Waals surface area contributed by atoms with Crippen molar-refractivity contribution in [3.63, 3.8) is 0 Å². The molecule has 0 bridgehead atoms.